The summed E-state index contributed by atoms with van der Waals surface area (Å²) in [4.78, 5) is 17.7. The minimum Gasteiger partial charge on any atom is -0.355 e. The van der Waals surface area contributed by atoms with Crippen LogP contribution in [0.2, 0.25) is 0 Å². The Labute approximate surface area is 218 Å². The van der Waals surface area contributed by atoms with Gasteiger partial charge in [-0.05, 0) is 68.2 Å². The van der Waals surface area contributed by atoms with Gasteiger partial charge in [0.2, 0.25) is 5.91 Å². The zero-order valence-corrected chi connectivity index (χ0v) is 21.5. The van der Waals surface area contributed by atoms with E-state index in [1.807, 2.05) is 28.8 Å². The molecule has 0 radical (unpaired) electrons. The third-order valence-corrected chi connectivity index (χ3v) is 8.10. The van der Waals surface area contributed by atoms with Gasteiger partial charge in [-0.1, -0.05) is 54.6 Å². The van der Waals surface area contributed by atoms with Crippen LogP contribution in [0.3, 0.4) is 0 Å². The topological polar surface area (TPSA) is 66.6 Å². The number of aryl methyl sites for hydroxylation is 1. The zero-order chi connectivity index (χ0) is 25.2. The first-order chi connectivity index (χ1) is 18.2. The van der Waals surface area contributed by atoms with E-state index >= 15 is 0 Å². The van der Waals surface area contributed by atoms with Gasteiger partial charge in [-0.15, -0.1) is 15.3 Å². The molecule has 190 valence electrons. The lowest BCUT2D eigenvalue weighted by Crippen LogP contribution is -2.45. The summed E-state index contributed by atoms with van der Waals surface area (Å²) in [5.74, 6) is 2.81. The van der Waals surface area contributed by atoms with Crippen LogP contribution in [0, 0.1) is 18.8 Å². The lowest BCUT2D eigenvalue weighted by Gasteiger charge is -2.37. The van der Waals surface area contributed by atoms with E-state index < -0.39 is 0 Å². The molecule has 6 rings (SSSR count). The molecule has 2 saturated heterocycles. The number of hydrogen-bond acceptors (Lipinski definition) is 5. The lowest BCUT2D eigenvalue weighted by molar-refractivity contribution is -0.137. The van der Waals surface area contributed by atoms with Crippen molar-refractivity contribution in [2.75, 3.05) is 31.1 Å². The minimum absolute atomic E-state index is 0.114. The van der Waals surface area contributed by atoms with Crippen LogP contribution in [-0.4, -0.2) is 56.8 Å². The molecule has 0 N–H and O–H groups in total. The highest BCUT2D eigenvalue weighted by Crippen LogP contribution is 2.28. The fourth-order valence-corrected chi connectivity index (χ4v) is 5.86. The second-order valence-electron chi connectivity index (χ2n) is 10.5. The molecule has 7 heteroatoms. The Morgan fingerprint density at radius 1 is 0.838 bits per heavy atom. The fraction of sp³-hybridized carbons (Fsp3) is 0.400. The third-order valence-electron chi connectivity index (χ3n) is 8.10. The van der Waals surface area contributed by atoms with Crippen LogP contribution >= 0.6 is 0 Å². The van der Waals surface area contributed by atoms with Gasteiger partial charge in [-0.2, -0.15) is 4.52 Å². The van der Waals surface area contributed by atoms with Crippen molar-refractivity contribution >= 4 is 17.4 Å². The molecule has 0 saturated carbocycles. The van der Waals surface area contributed by atoms with Gasteiger partial charge in [-0.3, -0.25) is 4.79 Å². The lowest BCUT2D eigenvalue weighted by atomic mass is 9.88. The summed E-state index contributed by atoms with van der Waals surface area (Å²) >= 11 is 0. The highest BCUT2D eigenvalue weighted by atomic mass is 16.2. The smallest absolute Gasteiger partial charge is 0.225 e. The van der Waals surface area contributed by atoms with Crippen LogP contribution < -0.4 is 4.90 Å². The number of piperidine rings is 2. The Morgan fingerprint density at radius 3 is 2.32 bits per heavy atom. The quantitative estimate of drug-likeness (QED) is 0.399. The van der Waals surface area contributed by atoms with E-state index in [-0.39, 0.29) is 5.92 Å². The molecule has 0 spiro atoms. The average Bonchev–Trinajstić information content (AvgIpc) is 3.37. The van der Waals surface area contributed by atoms with Gasteiger partial charge in [0.05, 0.1) is 0 Å². The molecular weight excluding hydrogens is 460 g/mol. The molecule has 0 bridgehead atoms. The van der Waals surface area contributed by atoms with Crippen molar-refractivity contribution in [2.24, 2.45) is 11.8 Å². The molecule has 2 aromatic carbocycles. The number of rotatable bonds is 5. The highest BCUT2D eigenvalue weighted by molar-refractivity contribution is 5.79. The molecule has 2 aliphatic heterocycles. The Bertz CT molecular complexity index is 1370. The minimum atomic E-state index is 0.114. The molecule has 1 amide bonds. The number of nitrogens with zero attached hydrogens (tertiary/aromatic N) is 6. The maximum atomic E-state index is 13.3. The SMILES string of the molecule is Cc1ccccc1-c1nnc2ccc(N3CCC(C(=O)N4CCC(Cc5ccccc5)CC4)CC3)nn12. The van der Waals surface area contributed by atoms with Crippen LogP contribution in [0.1, 0.15) is 36.8 Å². The van der Waals surface area contributed by atoms with Crippen molar-refractivity contribution in [1.29, 1.82) is 0 Å². The van der Waals surface area contributed by atoms with Crippen LogP contribution in [0.25, 0.3) is 17.0 Å². The first-order valence-electron chi connectivity index (χ1n) is 13.5. The Balaban J connectivity index is 1.06. The molecule has 7 nitrogen and oxygen atoms in total. The number of aromatic nitrogens is 4. The summed E-state index contributed by atoms with van der Waals surface area (Å²) in [5.41, 5.74) is 4.33. The van der Waals surface area contributed by atoms with Gasteiger partial charge in [0.25, 0.3) is 0 Å². The van der Waals surface area contributed by atoms with E-state index in [0.29, 0.717) is 11.8 Å². The molecule has 0 atom stereocenters. The molecule has 4 aromatic rings. The van der Waals surface area contributed by atoms with E-state index in [0.717, 1.165) is 86.7 Å². The maximum Gasteiger partial charge on any atom is 0.225 e. The highest BCUT2D eigenvalue weighted by Gasteiger charge is 2.31. The molecular formula is C30H34N6O. The number of fused-ring (bicyclic) bond motifs is 1. The second kappa shape index (κ2) is 10.3. The summed E-state index contributed by atoms with van der Waals surface area (Å²) < 4.78 is 1.84. The molecule has 2 aromatic heterocycles. The number of carbonyl (C=O) groups is 1. The predicted molar refractivity (Wildman–Crippen MR) is 145 cm³/mol. The van der Waals surface area contributed by atoms with E-state index in [2.05, 4.69) is 69.4 Å². The predicted octanol–water partition coefficient (Wildman–Crippen LogP) is 4.80. The Hall–Kier alpha value is -3.74. The second-order valence-corrected chi connectivity index (χ2v) is 10.5. The number of likely N-dealkylation sites (tertiary alicyclic amines) is 1. The van der Waals surface area contributed by atoms with Crippen molar-refractivity contribution in [1.82, 2.24) is 24.7 Å². The standard InChI is InChI=1S/C30H34N6O/c1-22-7-5-6-10-26(22)29-32-31-27-11-12-28(33-36(27)29)34-19-15-25(16-20-34)30(37)35-17-13-24(14-18-35)21-23-8-3-2-4-9-23/h2-12,24-25H,13-21H2,1H3. The van der Waals surface area contributed by atoms with Gasteiger partial charge in [0.15, 0.2) is 11.5 Å². The first-order valence-corrected chi connectivity index (χ1v) is 13.5. The van der Waals surface area contributed by atoms with Gasteiger partial charge in [0.1, 0.15) is 5.82 Å². The summed E-state index contributed by atoms with van der Waals surface area (Å²) in [6.07, 6.45) is 5.07. The van der Waals surface area contributed by atoms with E-state index in [1.54, 1.807) is 0 Å². The van der Waals surface area contributed by atoms with Crippen LogP contribution in [0.15, 0.2) is 66.7 Å². The number of amides is 1. The van der Waals surface area contributed by atoms with Crippen molar-refractivity contribution in [3.05, 3.63) is 77.9 Å². The molecule has 2 aliphatic rings. The van der Waals surface area contributed by atoms with E-state index in [4.69, 9.17) is 5.10 Å². The Kier molecular flexibility index (Phi) is 6.60. The third kappa shape index (κ3) is 4.95. The van der Waals surface area contributed by atoms with Crippen molar-refractivity contribution in [3.63, 3.8) is 0 Å². The van der Waals surface area contributed by atoms with Gasteiger partial charge < -0.3 is 9.80 Å². The van der Waals surface area contributed by atoms with Crippen molar-refractivity contribution < 1.29 is 4.79 Å². The zero-order valence-electron chi connectivity index (χ0n) is 21.5. The molecule has 37 heavy (non-hydrogen) atoms. The molecule has 0 unspecified atom stereocenters. The Morgan fingerprint density at radius 2 is 1.57 bits per heavy atom. The van der Waals surface area contributed by atoms with E-state index in [9.17, 15) is 4.79 Å². The van der Waals surface area contributed by atoms with Crippen molar-refractivity contribution in [2.45, 2.75) is 39.0 Å². The molecule has 4 heterocycles. The normalized spacial score (nSPS) is 17.4. The summed E-state index contributed by atoms with van der Waals surface area (Å²) in [6.45, 7) is 5.53. The molecule has 0 aliphatic carbocycles. The first kappa shape index (κ1) is 23.6. The number of anilines is 1. The van der Waals surface area contributed by atoms with Gasteiger partial charge in [-0.25, -0.2) is 0 Å². The van der Waals surface area contributed by atoms with E-state index in [1.165, 1.54) is 5.56 Å². The largest absolute Gasteiger partial charge is 0.355 e. The van der Waals surface area contributed by atoms with Crippen LogP contribution in [-0.2, 0) is 11.2 Å². The summed E-state index contributed by atoms with van der Waals surface area (Å²) in [5, 5.41) is 13.6. The van der Waals surface area contributed by atoms with Crippen LogP contribution in [0.4, 0.5) is 5.82 Å². The monoisotopic (exact) mass is 494 g/mol. The number of benzene rings is 2. The maximum absolute atomic E-state index is 13.3. The summed E-state index contributed by atoms with van der Waals surface area (Å²) in [6, 6.07) is 22.9. The van der Waals surface area contributed by atoms with Crippen molar-refractivity contribution in [3.8, 4) is 11.4 Å². The van der Waals surface area contributed by atoms with Gasteiger partial charge in [0, 0.05) is 37.7 Å². The van der Waals surface area contributed by atoms with Gasteiger partial charge >= 0.3 is 0 Å². The summed E-state index contributed by atoms with van der Waals surface area (Å²) in [7, 11) is 0. The number of carbonyl (C=O) groups excluding carboxylic acids is 1. The molecule has 2 fully saturated rings. The number of hydrogen-bond donors (Lipinski definition) is 0. The average molecular weight is 495 g/mol. The van der Waals surface area contributed by atoms with Crippen LogP contribution in [0.5, 0.6) is 0 Å². The fourth-order valence-electron chi connectivity index (χ4n) is 5.86.